The predicted octanol–water partition coefficient (Wildman–Crippen LogP) is 3.75. The van der Waals surface area contributed by atoms with Crippen LogP contribution in [0.5, 0.6) is 0 Å². The van der Waals surface area contributed by atoms with Crippen molar-refractivity contribution in [3.05, 3.63) is 47.6 Å². The van der Waals surface area contributed by atoms with Gasteiger partial charge in [0.05, 0.1) is 10.7 Å². The summed E-state index contributed by atoms with van der Waals surface area (Å²) in [6, 6.07) is 10.5. The summed E-state index contributed by atoms with van der Waals surface area (Å²) in [6.07, 6.45) is 2.08. The van der Waals surface area contributed by atoms with Crippen LogP contribution in [0.1, 0.15) is 5.69 Å². The summed E-state index contributed by atoms with van der Waals surface area (Å²) in [7, 11) is 1.96. The lowest BCUT2D eigenvalue weighted by Crippen LogP contribution is -2.08. The molecule has 0 amide bonds. The Labute approximate surface area is 130 Å². The van der Waals surface area contributed by atoms with Crippen LogP contribution in [-0.4, -0.2) is 21.4 Å². The Morgan fingerprint density at radius 2 is 2.29 bits per heavy atom. The molecule has 3 heterocycles. The third-order valence-corrected chi connectivity index (χ3v) is 5.10. The van der Waals surface area contributed by atoms with Crippen molar-refractivity contribution in [3.8, 4) is 0 Å². The second kappa shape index (κ2) is 5.22. The zero-order valence-electron chi connectivity index (χ0n) is 11.5. The van der Waals surface area contributed by atoms with E-state index < -0.39 is 0 Å². The van der Waals surface area contributed by atoms with Crippen LogP contribution >= 0.6 is 23.1 Å². The quantitative estimate of drug-likeness (QED) is 0.603. The lowest BCUT2D eigenvalue weighted by molar-refractivity contribution is 0.765. The Hall–Kier alpha value is -1.76. The van der Waals surface area contributed by atoms with Crippen LogP contribution in [0.25, 0.3) is 15.9 Å². The third kappa shape index (κ3) is 2.25. The zero-order chi connectivity index (χ0) is 14.2. The minimum atomic E-state index is 0.806. The highest BCUT2D eigenvalue weighted by Crippen LogP contribution is 2.33. The van der Waals surface area contributed by atoms with Gasteiger partial charge in [0, 0.05) is 29.0 Å². The van der Waals surface area contributed by atoms with Crippen molar-refractivity contribution >= 4 is 39.0 Å². The van der Waals surface area contributed by atoms with Crippen molar-refractivity contribution in [2.45, 2.75) is 16.6 Å². The minimum absolute atomic E-state index is 0.806. The molecule has 0 aliphatic carbocycles. The summed E-state index contributed by atoms with van der Waals surface area (Å²) >= 11 is 3.35. The number of hydrogen-bond acceptors (Lipinski definition) is 4. The van der Waals surface area contributed by atoms with Gasteiger partial charge in [0.25, 0.3) is 0 Å². The normalized spacial score (nSPS) is 11.7. The number of nitrogens with one attached hydrogen (secondary N) is 2. The van der Waals surface area contributed by atoms with Gasteiger partial charge >= 0.3 is 0 Å². The summed E-state index contributed by atoms with van der Waals surface area (Å²) in [4.78, 5) is 9.23. The number of rotatable bonds is 4. The number of aromatic amines is 1. The first-order chi connectivity index (χ1) is 10.3. The van der Waals surface area contributed by atoms with Gasteiger partial charge in [0.1, 0.15) is 5.03 Å². The molecule has 0 saturated carbocycles. The second-order valence-corrected chi connectivity index (χ2v) is 6.68. The molecule has 1 aromatic carbocycles. The first kappa shape index (κ1) is 12.9. The highest BCUT2D eigenvalue weighted by molar-refractivity contribution is 7.99. The maximum absolute atomic E-state index is 4.74. The van der Waals surface area contributed by atoms with Crippen molar-refractivity contribution < 1.29 is 0 Å². The highest BCUT2D eigenvalue weighted by atomic mass is 32.2. The van der Waals surface area contributed by atoms with Crippen LogP contribution in [0.15, 0.2) is 52.0 Å². The molecule has 4 nitrogen and oxygen atoms in total. The fraction of sp³-hybridized carbons (Fsp3) is 0.133. The van der Waals surface area contributed by atoms with Gasteiger partial charge in [-0.05, 0) is 19.2 Å². The molecule has 4 rings (SSSR count). The van der Waals surface area contributed by atoms with E-state index >= 15 is 0 Å². The lowest BCUT2D eigenvalue weighted by atomic mass is 10.3. The number of para-hydroxylation sites is 1. The lowest BCUT2D eigenvalue weighted by Gasteiger charge is -2.01. The number of aromatic nitrogens is 3. The Balaban J connectivity index is 1.75. The predicted molar refractivity (Wildman–Crippen MR) is 88.3 cm³/mol. The monoisotopic (exact) mass is 314 g/mol. The molecular weight excluding hydrogens is 300 g/mol. The van der Waals surface area contributed by atoms with Crippen LogP contribution in [0.4, 0.5) is 0 Å². The Morgan fingerprint density at radius 1 is 1.38 bits per heavy atom. The van der Waals surface area contributed by atoms with Crippen molar-refractivity contribution in [3.63, 3.8) is 0 Å². The van der Waals surface area contributed by atoms with Crippen LogP contribution < -0.4 is 5.32 Å². The van der Waals surface area contributed by atoms with Crippen molar-refractivity contribution in [1.29, 1.82) is 0 Å². The number of hydrogen-bond donors (Lipinski definition) is 2. The minimum Gasteiger partial charge on any atom is -0.349 e. The van der Waals surface area contributed by atoms with Crippen molar-refractivity contribution in [2.24, 2.45) is 0 Å². The molecule has 0 spiro atoms. The maximum atomic E-state index is 4.74. The zero-order valence-corrected chi connectivity index (χ0v) is 13.1. The van der Waals surface area contributed by atoms with Gasteiger partial charge in [-0.3, -0.25) is 4.40 Å². The molecule has 106 valence electrons. The van der Waals surface area contributed by atoms with Crippen LogP contribution in [0.3, 0.4) is 0 Å². The standard InChI is InChI=1S/C15H14N4S2/c1-16-9-12-14(18-15-19(12)6-7-20-15)21-13-8-10-4-2-3-5-11(10)17-13/h2-8,16-17H,9H2,1H3. The van der Waals surface area contributed by atoms with Crippen molar-refractivity contribution in [2.75, 3.05) is 7.05 Å². The summed E-state index contributed by atoms with van der Waals surface area (Å²) in [6.45, 7) is 0.806. The van der Waals surface area contributed by atoms with Gasteiger partial charge in [-0.15, -0.1) is 11.3 Å². The van der Waals surface area contributed by atoms with Gasteiger partial charge < -0.3 is 10.3 Å². The summed E-state index contributed by atoms with van der Waals surface area (Å²) in [5.74, 6) is 0. The first-order valence-electron chi connectivity index (χ1n) is 6.70. The van der Waals surface area contributed by atoms with E-state index in [1.54, 1.807) is 23.1 Å². The Bertz CT molecular complexity index is 870. The first-order valence-corrected chi connectivity index (χ1v) is 8.39. The largest absolute Gasteiger partial charge is 0.349 e. The van der Waals surface area contributed by atoms with Crippen LogP contribution in [-0.2, 0) is 6.54 Å². The van der Waals surface area contributed by atoms with Crippen molar-refractivity contribution in [1.82, 2.24) is 19.7 Å². The molecule has 6 heteroatoms. The number of thiazole rings is 1. The summed E-state index contributed by atoms with van der Waals surface area (Å²) in [5, 5.41) is 8.71. The van der Waals surface area contributed by atoms with E-state index in [0.29, 0.717) is 0 Å². The SMILES string of the molecule is CNCc1c(Sc2cc3ccccc3[nH]2)nc2sccn12. The molecule has 0 unspecified atom stereocenters. The van der Waals surface area contributed by atoms with E-state index in [1.807, 2.05) is 13.1 Å². The van der Waals surface area contributed by atoms with E-state index in [4.69, 9.17) is 4.98 Å². The molecule has 0 saturated heterocycles. The Morgan fingerprint density at radius 3 is 3.14 bits per heavy atom. The van der Waals surface area contributed by atoms with Gasteiger partial charge in [-0.2, -0.15) is 0 Å². The number of benzene rings is 1. The smallest absolute Gasteiger partial charge is 0.194 e. The summed E-state index contributed by atoms with van der Waals surface area (Å²) < 4.78 is 2.16. The van der Waals surface area contributed by atoms with Gasteiger partial charge in [-0.25, -0.2) is 4.98 Å². The summed E-state index contributed by atoms with van der Waals surface area (Å²) in [5.41, 5.74) is 2.37. The average molecular weight is 314 g/mol. The fourth-order valence-corrected chi connectivity index (χ4v) is 4.19. The third-order valence-electron chi connectivity index (χ3n) is 3.38. The molecule has 0 fully saturated rings. The number of imidazole rings is 1. The van der Waals surface area contributed by atoms with Crippen LogP contribution in [0.2, 0.25) is 0 Å². The van der Waals surface area contributed by atoms with E-state index in [9.17, 15) is 0 Å². The molecule has 3 aromatic heterocycles. The maximum Gasteiger partial charge on any atom is 0.194 e. The fourth-order valence-electron chi connectivity index (χ4n) is 2.43. The Kier molecular flexibility index (Phi) is 3.21. The molecule has 2 N–H and O–H groups in total. The molecule has 0 aliphatic rings. The van der Waals surface area contributed by atoms with Gasteiger partial charge in [0.2, 0.25) is 0 Å². The van der Waals surface area contributed by atoms with E-state index in [2.05, 4.69) is 50.5 Å². The molecule has 4 aromatic rings. The number of fused-ring (bicyclic) bond motifs is 2. The number of nitrogens with zero attached hydrogens (tertiary/aromatic N) is 2. The molecule has 0 bridgehead atoms. The topological polar surface area (TPSA) is 45.1 Å². The van der Waals surface area contributed by atoms with E-state index in [-0.39, 0.29) is 0 Å². The van der Waals surface area contributed by atoms with Crippen LogP contribution in [0, 0.1) is 0 Å². The number of H-pyrrole nitrogens is 1. The van der Waals surface area contributed by atoms with E-state index in [1.165, 1.54) is 11.1 Å². The molecule has 0 atom stereocenters. The van der Waals surface area contributed by atoms with Gasteiger partial charge in [-0.1, -0.05) is 30.0 Å². The molecular formula is C15H14N4S2. The molecule has 21 heavy (non-hydrogen) atoms. The molecule has 0 radical (unpaired) electrons. The van der Waals surface area contributed by atoms with E-state index in [0.717, 1.165) is 27.1 Å². The highest BCUT2D eigenvalue weighted by Gasteiger charge is 2.14. The molecule has 0 aliphatic heterocycles. The van der Waals surface area contributed by atoms with Gasteiger partial charge in [0.15, 0.2) is 4.96 Å². The second-order valence-electron chi connectivity index (χ2n) is 4.77. The average Bonchev–Trinajstić information content (AvgIpc) is 3.15.